The van der Waals surface area contributed by atoms with E-state index in [9.17, 15) is 0 Å². The molecule has 0 radical (unpaired) electrons. The van der Waals surface area contributed by atoms with E-state index in [2.05, 4.69) is 35.6 Å². The highest BCUT2D eigenvalue weighted by atomic mass is 79.9. The zero-order valence-corrected chi connectivity index (χ0v) is 14.3. The van der Waals surface area contributed by atoms with Crippen LogP contribution in [0.5, 0.6) is 11.8 Å². The quantitative estimate of drug-likeness (QED) is 0.589. The fourth-order valence-electron chi connectivity index (χ4n) is 0.995. The maximum Gasteiger partial charge on any atom is 0.303 e. The van der Waals surface area contributed by atoms with E-state index in [0.717, 1.165) is 0 Å². The normalized spacial score (nSPS) is 8.85. The van der Waals surface area contributed by atoms with Crippen LogP contribution in [0.25, 0.3) is 9.69 Å². The van der Waals surface area contributed by atoms with Gasteiger partial charge in [-0.25, -0.2) is 14.7 Å². The van der Waals surface area contributed by atoms with E-state index in [1.165, 1.54) is 36.9 Å². The molecule has 0 bridgehead atoms. The summed E-state index contributed by atoms with van der Waals surface area (Å²) in [6.07, 6.45) is 0. The van der Waals surface area contributed by atoms with Crippen LogP contribution in [0.4, 0.5) is 10.0 Å². The maximum absolute atomic E-state index is 6.70. The van der Waals surface area contributed by atoms with Crippen LogP contribution < -0.4 is 9.47 Å². The summed E-state index contributed by atoms with van der Waals surface area (Å²) < 4.78 is 10.9. The highest BCUT2D eigenvalue weighted by molar-refractivity contribution is 9.11. The third-order valence-electron chi connectivity index (χ3n) is 1.75. The maximum atomic E-state index is 6.70. The Morgan fingerprint density at radius 1 is 1.20 bits per heavy atom. The second-order valence-corrected chi connectivity index (χ2v) is 6.78. The molecule has 2 rings (SSSR count). The van der Waals surface area contributed by atoms with Gasteiger partial charge in [0.2, 0.25) is 11.8 Å². The molecule has 0 saturated carbocycles. The highest BCUT2D eigenvalue weighted by Gasteiger charge is 2.08. The molecule has 6 nitrogen and oxygen atoms in total. The molecular weight excluding hydrogens is 384 g/mol. The molecule has 0 aliphatic carbocycles. The lowest BCUT2D eigenvalue weighted by Gasteiger charge is -1.91. The summed E-state index contributed by atoms with van der Waals surface area (Å²) in [5, 5.41) is 0.960. The lowest BCUT2D eigenvalue weighted by molar-refractivity contribution is 0.402. The van der Waals surface area contributed by atoms with Crippen LogP contribution in [0.2, 0.25) is 0 Å². The van der Waals surface area contributed by atoms with Gasteiger partial charge >= 0.3 is 10.0 Å². The Kier molecular flexibility index (Phi) is 6.61. The molecule has 0 atom stereocenters. The van der Waals surface area contributed by atoms with Crippen LogP contribution in [0.3, 0.4) is 0 Å². The molecule has 2 aromatic heterocycles. The molecule has 104 valence electrons. The second kappa shape index (κ2) is 7.97. The summed E-state index contributed by atoms with van der Waals surface area (Å²) in [4.78, 5) is 13.1. The first-order valence-electron chi connectivity index (χ1n) is 4.78. The van der Waals surface area contributed by atoms with Crippen molar-refractivity contribution in [2.45, 2.75) is 0 Å². The molecular formula is C10H7BrN4O2S3. The molecule has 0 saturated heterocycles. The third-order valence-corrected chi connectivity index (χ3v) is 4.24. The van der Waals surface area contributed by atoms with Crippen molar-refractivity contribution in [1.82, 2.24) is 9.97 Å². The van der Waals surface area contributed by atoms with Crippen molar-refractivity contribution >= 4 is 60.8 Å². The van der Waals surface area contributed by atoms with Crippen molar-refractivity contribution in [3.05, 3.63) is 30.7 Å². The van der Waals surface area contributed by atoms with Crippen LogP contribution in [0, 0.1) is 17.1 Å². The topological polar surface area (TPSA) is 55.9 Å². The Morgan fingerprint density at radius 2 is 1.85 bits per heavy atom. The van der Waals surface area contributed by atoms with Gasteiger partial charge in [0.15, 0.2) is 3.92 Å². The number of hydrogen-bond acceptors (Lipinski definition) is 6. The van der Waals surface area contributed by atoms with Crippen molar-refractivity contribution in [1.29, 1.82) is 0 Å². The zero-order chi connectivity index (χ0) is 15.1. The fourth-order valence-corrected chi connectivity index (χ4v) is 3.09. The Bertz CT molecular complexity index is 722. The number of nitrogens with one attached hydrogen (secondary N) is 1. The van der Waals surface area contributed by atoms with Gasteiger partial charge in [-0.3, -0.25) is 0 Å². The predicted octanol–water partition coefficient (Wildman–Crippen LogP) is 4.83. The number of aromatic nitrogens is 2. The van der Waals surface area contributed by atoms with E-state index < -0.39 is 0 Å². The van der Waals surface area contributed by atoms with Gasteiger partial charge in [-0.05, 0) is 28.1 Å². The highest BCUT2D eigenvalue weighted by Crippen LogP contribution is 2.36. The van der Waals surface area contributed by atoms with Crippen molar-refractivity contribution in [3.63, 3.8) is 0 Å². The smallest absolute Gasteiger partial charge is 0.303 e. The van der Waals surface area contributed by atoms with E-state index in [1.54, 1.807) is 0 Å². The molecule has 1 N–H and O–H groups in total. The second-order valence-electron chi connectivity index (χ2n) is 2.86. The molecule has 0 aliphatic rings. The first kappa shape index (κ1) is 16.6. The van der Waals surface area contributed by atoms with Gasteiger partial charge in [-0.1, -0.05) is 0 Å². The molecule has 0 amide bonds. The van der Waals surface area contributed by atoms with Crippen LogP contribution in [-0.2, 0) is 0 Å². The number of aromatic amines is 1. The lowest BCUT2D eigenvalue weighted by atomic mass is 10.8. The van der Waals surface area contributed by atoms with Gasteiger partial charge in [0.1, 0.15) is 3.95 Å². The number of halogens is 1. The molecule has 10 heteroatoms. The number of H-pyrrole nitrogens is 1. The van der Waals surface area contributed by atoms with Crippen LogP contribution in [0.15, 0.2) is 3.92 Å². The molecule has 2 heterocycles. The zero-order valence-electron chi connectivity index (χ0n) is 10.3. The summed E-state index contributed by atoms with van der Waals surface area (Å²) in [7, 11) is 3.00. The van der Waals surface area contributed by atoms with Gasteiger partial charge in [0.25, 0.3) is 0 Å². The predicted molar refractivity (Wildman–Crippen MR) is 84.9 cm³/mol. The number of methoxy groups -OCH3 is 2. The summed E-state index contributed by atoms with van der Waals surface area (Å²) in [6, 6.07) is 0. The number of thiazole rings is 2. The summed E-state index contributed by atoms with van der Waals surface area (Å²) in [6.45, 7) is 13.4. The standard InChI is InChI=1S/C5H3BrN2OS.C5H4N2OS2/c1-7-4-3(9-2)8-5(6)10-4;1-6-4-3(8-2)7-5(9)10-4/h2H3;2H3,(H,7,9). The Balaban J connectivity index is 0.000000200. The number of nitrogens with zero attached hydrogens (tertiary/aromatic N) is 3. The molecule has 0 aliphatic heterocycles. The minimum absolute atomic E-state index is 0.395. The molecule has 0 fully saturated rings. The van der Waals surface area contributed by atoms with Crippen molar-refractivity contribution in [2.75, 3.05) is 14.2 Å². The molecule has 0 aromatic carbocycles. The van der Waals surface area contributed by atoms with Gasteiger partial charge < -0.3 is 14.5 Å². The van der Waals surface area contributed by atoms with E-state index in [4.69, 9.17) is 34.8 Å². The molecule has 0 unspecified atom stereocenters. The lowest BCUT2D eigenvalue weighted by Crippen LogP contribution is -1.80. The van der Waals surface area contributed by atoms with Crippen molar-refractivity contribution < 1.29 is 9.47 Å². The first-order chi connectivity index (χ1) is 9.55. The Hall–Kier alpha value is -1.46. The number of ether oxygens (including phenoxy) is 2. The van der Waals surface area contributed by atoms with Crippen LogP contribution >= 0.6 is 50.8 Å². The van der Waals surface area contributed by atoms with Gasteiger partial charge in [-0.2, -0.15) is 0 Å². The van der Waals surface area contributed by atoms with Gasteiger partial charge in [0.05, 0.1) is 27.4 Å². The summed E-state index contributed by atoms with van der Waals surface area (Å²) >= 11 is 10.4. The first-order valence-corrected chi connectivity index (χ1v) is 7.61. The largest absolute Gasteiger partial charge is 0.490 e. The summed E-state index contributed by atoms with van der Waals surface area (Å²) in [5.41, 5.74) is 0. The van der Waals surface area contributed by atoms with E-state index in [0.29, 0.717) is 29.6 Å². The average molecular weight is 391 g/mol. The number of hydrogen-bond donors (Lipinski definition) is 1. The minimum atomic E-state index is 0.395. The molecule has 2 aromatic rings. The minimum Gasteiger partial charge on any atom is -0.490 e. The fraction of sp³-hybridized carbons (Fsp3) is 0.200. The molecule has 0 spiro atoms. The van der Waals surface area contributed by atoms with E-state index in [1.807, 2.05) is 0 Å². The van der Waals surface area contributed by atoms with E-state index in [-0.39, 0.29) is 0 Å². The third kappa shape index (κ3) is 4.28. The van der Waals surface area contributed by atoms with Gasteiger partial charge in [-0.15, -0.1) is 22.7 Å². The van der Waals surface area contributed by atoms with E-state index >= 15 is 0 Å². The molecule has 20 heavy (non-hydrogen) atoms. The average Bonchev–Trinajstić information content (AvgIpc) is 3.00. The van der Waals surface area contributed by atoms with Crippen molar-refractivity contribution in [3.8, 4) is 11.8 Å². The number of rotatable bonds is 2. The monoisotopic (exact) mass is 390 g/mol. The Labute approximate surface area is 136 Å². The summed E-state index contributed by atoms with van der Waals surface area (Å²) in [5.74, 6) is 0.858. The van der Waals surface area contributed by atoms with Crippen LogP contribution in [0.1, 0.15) is 0 Å². The Morgan fingerprint density at radius 3 is 2.25 bits per heavy atom. The SMILES string of the molecule is [C-]#[N+]c1sc(=S)[nH]c1OC.[C-]#[N+]c1sc(Br)nc1OC. The van der Waals surface area contributed by atoms with Crippen LogP contribution in [-0.4, -0.2) is 24.2 Å². The van der Waals surface area contributed by atoms with Gasteiger partial charge in [0, 0.05) is 0 Å². The van der Waals surface area contributed by atoms with Crippen molar-refractivity contribution in [2.24, 2.45) is 0 Å².